The van der Waals surface area contributed by atoms with Gasteiger partial charge in [0.2, 0.25) is 0 Å². The van der Waals surface area contributed by atoms with Crippen molar-refractivity contribution in [1.82, 2.24) is 4.90 Å². The molecule has 2 nitrogen and oxygen atoms in total. The number of rotatable bonds is 2. The van der Waals surface area contributed by atoms with Gasteiger partial charge in [0, 0.05) is 19.1 Å². The molecule has 4 rings (SSSR count). The number of hydrogen-bond donors (Lipinski definition) is 0. The van der Waals surface area contributed by atoms with Gasteiger partial charge in [-0.3, -0.25) is 4.90 Å². The quantitative estimate of drug-likeness (QED) is 0.695. The Labute approximate surface area is 153 Å². The van der Waals surface area contributed by atoms with Gasteiger partial charge >= 0.3 is 0 Å². The predicted molar refractivity (Wildman–Crippen MR) is 104 cm³/mol. The van der Waals surface area contributed by atoms with Crippen molar-refractivity contribution in [3.8, 4) is 0 Å². The highest BCUT2D eigenvalue weighted by molar-refractivity contribution is 5.40. The molecule has 2 heteroatoms. The number of hydrogen-bond acceptors (Lipinski definition) is 2. The predicted octanol–water partition coefficient (Wildman–Crippen LogP) is 5.11. The van der Waals surface area contributed by atoms with Crippen molar-refractivity contribution < 1.29 is 4.74 Å². The molecule has 3 fully saturated rings. The van der Waals surface area contributed by atoms with Crippen molar-refractivity contribution in [2.75, 3.05) is 13.1 Å². The molecule has 138 valence electrons. The monoisotopic (exact) mass is 341 g/mol. The van der Waals surface area contributed by atoms with Gasteiger partial charge in [-0.25, -0.2) is 0 Å². The van der Waals surface area contributed by atoms with Crippen LogP contribution in [0.1, 0.15) is 71.9 Å². The molecule has 1 aliphatic carbocycles. The van der Waals surface area contributed by atoms with Gasteiger partial charge in [0.05, 0.1) is 0 Å². The molecule has 2 heterocycles. The maximum Gasteiger partial charge on any atom is 0.124 e. The zero-order valence-corrected chi connectivity index (χ0v) is 16.9. The molecule has 2 saturated heterocycles. The Bertz CT molecular complexity index is 631. The van der Waals surface area contributed by atoms with Crippen LogP contribution < -0.4 is 0 Å². The molecule has 5 atom stereocenters. The van der Waals surface area contributed by atoms with E-state index in [0.717, 1.165) is 11.8 Å². The number of epoxide rings is 1. The van der Waals surface area contributed by atoms with Crippen LogP contribution in [0.4, 0.5) is 0 Å². The van der Waals surface area contributed by atoms with Gasteiger partial charge in [0.25, 0.3) is 0 Å². The second kappa shape index (κ2) is 5.57. The summed E-state index contributed by atoms with van der Waals surface area (Å²) < 4.78 is 6.53. The molecule has 3 unspecified atom stereocenters. The van der Waals surface area contributed by atoms with Gasteiger partial charge in [-0.15, -0.1) is 0 Å². The fraction of sp³-hybridized carbons (Fsp3) is 0.739. The summed E-state index contributed by atoms with van der Waals surface area (Å²) in [7, 11) is 0. The summed E-state index contributed by atoms with van der Waals surface area (Å²) in [5.41, 5.74) is 2.99. The van der Waals surface area contributed by atoms with Gasteiger partial charge < -0.3 is 4.74 Å². The van der Waals surface area contributed by atoms with E-state index in [1.54, 1.807) is 0 Å². The minimum atomic E-state index is -0.0298. The number of piperidine rings is 1. The van der Waals surface area contributed by atoms with Crippen molar-refractivity contribution in [3.63, 3.8) is 0 Å². The molecule has 2 aliphatic heterocycles. The van der Waals surface area contributed by atoms with Crippen molar-refractivity contribution in [2.45, 2.75) is 83.5 Å². The van der Waals surface area contributed by atoms with Gasteiger partial charge in [0.15, 0.2) is 0 Å². The van der Waals surface area contributed by atoms with Crippen LogP contribution in [-0.2, 0) is 15.8 Å². The van der Waals surface area contributed by atoms with E-state index in [2.05, 4.69) is 70.7 Å². The highest BCUT2D eigenvalue weighted by Gasteiger charge is 2.75. The van der Waals surface area contributed by atoms with Crippen LogP contribution in [0.3, 0.4) is 0 Å². The van der Waals surface area contributed by atoms with Crippen molar-refractivity contribution >= 4 is 0 Å². The number of likely N-dealkylation sites (tertiary alicyclic amines) is 1. The van der Waals surface area contributed by atoms with Crippen molar-refractivity contribution in [3.05, 3.63) is 35.4 Å². The largest absolute Gasteiger partial charge is 0.356 e. The molecule has 0 bridgehead atoms. The number of ether oxygens (including phenoxy) is 1. The average molecular weight is 342 g/mol. The molecular formula is C23H35NO. The molecular weight excluding hydrogens is 306 g/mol. The van der Waals surface area contributed by atoms with Crippen LogP contribution >= 0.6 is 0 Å². The molecule has 1 saturated carbocycles. The second-order valence-electron chi connectivity index (χ2n) is 10.3. The van der Waals surface area contributed by atoms with E-state index in [9.17, 15) is 0 Å². The zero-order valence-electron chi connectivity index (χ0n) is 16.9. The summed E-state index contributed by atoms with van der Waals surface area (Å²) in [5, 5.41) is 0. The first-order valence-corrected chi connectivity index (χ1v) is 10.2. The lowest BCUT2D eigenvalue weighted by atomic mass is 9.83. The van der Waals surface area contributed by atoms with E-state index >= 15 is 0 Å². The fourth-order valence-electron chi connectivity index (χ4n) is 5.81. The molecule has 0 radical (unpaired) electrons. The van der Waals surface area contributed by atoms with Gasteiger partial charge in [-0.2, -0.15) is 0 Å². The molecule has 3 aliphatic rings. The Morgan fingerprint density at radius 3 is 2.16 bits per heavy atom. The minimum Gasteiger partial charge on any atom is -0.356 e. The molecule has 1 aromatic rings. The SMILES string of the molecule is C[C@@H]1C[C@H](C)CN(C2CCC3(c4ccc(C(C)(C)C)cc4)OC23C)C1. The number of benzene rings is 1. The normalized spacial score (nSPS) is 41.6. The molecule has 1 aromatic carbocycles. The Morgan fingerprint density at radius 2 is 1.64 bits per heavy atom. The molecule has 25 heavy (non-hydrogen) atoms. The first kappa shape index (κ1) is 17.5. The van der Waals surface area contributed by atoms with Crippen molar-refractivity contribution in [2.24, 2.45) is 11.8 Å². The average Bonchev–Trinajstić information content (AvgIpc) is 3.02. The van der Waals surface area contributed by atoms with Crippen LogP contribution in [-0.4, -0.2) is 29.6 Å². The maximum absolute atomic E-state index is 6.53. The van der Waals surface area contributed by atoms with Crippen LogP contribution in [0, 0.1) is 11.8 Å². The van der Waals surface area contributed by atoms with Gasteiger partial charge in [-0.1, -0.05) is 58.9 Å². The van der Waals surface area contributed by atoms with E-state index in [1.807, 2.05) is 0 Å². The maximum atomic E-state index is 6.53. The summed E-state index contributed by atoms with van der Waals surface area (Å²) in [6.45, 7) is 16.5. The van der Waals surface area contributed by atoms with E-state index in [-0.39, 0.29) is 16.6 Å². The third-order valence-corrected chi connectivity index (χ3v) is 7.11. The highest BCUT2D eigenvalue weighted by atomic mass is 16.6. The summed E-state index contributed by atoms with van der Waals surface area (Å²) >= 11 is 0. The van der Waals surface area contributed by atoms with E-state index < -0.39 is 0 Å². The highest BCUT2D eigenvalue weighted by Crippen LogP contribution is 2.67. The Balaban J connectivity index is 1.56. The van der Waals surface area contributed by atoms with Crippen LogP contribution in [0.25, 0.3) is 0 Å². The Morgan fingerprint density at radius 1 is 1.04 bits per heavy atom. The molecule has 0 spiro atoms. The summed E-state index contributed by atoms with van der Waals surface area (Å²) in [5.74, 6) is 1.62. The lowest BCUT2D eigenvalue weighted by Gasteiger charge is -2.40. The van der Waals surface area contributed by atoms with Crippen LogP contribution in [0.2, 0.25) is 0 Å². The summed E-state index contributed by atoms with van der Waals surface area (Å²) in [4.78, 5) is 2.75. The first-order valence-electron chi connectivity index (χ1n) is 10.2. The number of fused-ring (bicyclic) bond motifs is 1. The second-order valence-corrected chi connectivity index (χ2v) is 10.3. The van der Waals surface area contributed by atoms with Gasteiger partial charge in [-0.05, 0) is 54.6 Å². The lowest BCUT2D eigenvalue weighted by Crippen LogP contribution is -2.49. The molecule has 0 N–H and O–H groups in total. The first-order chi connectivity index (χ1) is 11.7. The van der Waals surface area contributed by atoms with E-state index in [1.165, 1.54) is 43.5 Å². The lowest BCUT2D eigenvalue weighted by molar-refractivity contribution is 0.0464. The van der Waals surface area contributed by atoms with Gasteiger partial charge in [0.1, 0.15) is 11.2 Å². The third-order valence-electron chi connectivity index (χ3n) is 7.11. The minimum absolute atomic E-state index is 0.00697. The van der Waals surface area contributed by atoms with Crippen LogP contribution in [0.15, 0.2) is 24.3 Å². The Hall–Kier alpha value is -0.860. The van der Waals surface area contributed by atoms with E-state index in [4.69, 9.17) is 4.74 Å². The van der Waals surface area contributed by atoms with Crippen molar-refractivity contribution in [1.29, 1.82) is 0 Å². The topological polar surface area (TPSA) is 15.8 Å². The van der Waals surface area contributed by atoms with E-state index in [0.29, 0.717) is 6.04 Å². The van der Waals surface area contributed by atoms with Crippen LogP contribution in [0.5, 0.6) is 0 Å². The Kier molecular flexibility index (Phi) is 3.91. The standard InChI is InChI=1S/C23H35NO/c1-16-13-17(2)15-24(14-16)20-11-12-23(22(20,6)25-23)19-9-7-18(8-10-19)21(3,4)5/h7-10,16-17,20H,11-15H2,1-6H3/t16-,17+,20?,22?,23?. The zero-order chi connectivity index (χ0) is 18.0. The number of nitrogens with zero attached hydrogens (tertiary/aromatic N) is 1. The molecule has 0 aromatic heterocycles. The summed E-state index contributed by atoms with van der Waals surface area (Å²) in [6.07, 6.45) is 3.82. The summed E-state index contributed by atoms with van der Waals surface area (Å²) in [6, 6.07) is 9.86. The smallest absolute Gasteiger partial charge is 0.124 e. The molecule has 0 amide bonds. The fourth-order valence-corrected chi connectivity index (χ4v) is 5.81. The third kappa shape index (κ3) is 2.68.